The highest BCUT2D eigenvalue weighted by Gasteiger charge is 2.17. The van der Waals surface area contributed by atoms with Crippen LogP contribution in [0, 0.1) is 0 Å². The van der Waals surface area contributed by atoms with Gasteiger partial charge in [-0.2, -0.15) is 0 Å². The Hall–Kier alpha value is -1.10. The molecular formula is C17H26N2O2. The number of nitrogens with one attached hydrogen (secondary N) is 1. The van der Waals surface area contributed by atoms with Gasteiger partial charge in [-0.05, 0) is 18.1 Å². The zero-order valence-electron chi connectivity index (χ0n) is 12.7. The fourth-order valence-electron chi connectivity index (χ4n) is 3.01. The molecule has 2 aliphatic rings. The fraction of sp³-hybridized carbons (Fsp3) is 0.647. The highest BCUT2D eigenvalue weighted by Crippen LogP contribution is 2.23. The number of hydrogen-bond donors (Lipinski definition) is 1. The smallest absolute Gasteiger partial charge is 0.122 e. The second-order valence-electron chi connectivity index (χ2n) is 5.88. The SMILES string of the molecule is c1ccc(OC2CCOCC2)c(CCN2CCNCC2)c1. The Morgan fingerprint density at radius 1 is 1.14 bits per heavy atom. The summed E-state index contributed by atoms with van der Waals surface area (Å²) in [4.78, 5) is 2.53. The van der Waals surface area contributed by atoms with E-state index in [4.69, 9.17) is 9.47 Å². The topological polar surface area (TPSA) is 33.7 Å². The van der Waals surface area contributed by atoms with E-state index in [0.29, 0.717) is 6.10 Å². The first kappa shape index (κ1) is 14.8. The number of para-hydroxylation sites is 1. The molecule has 2 heterocycles. The van der Waals surface area contributed by atoms with Gasteiger partial charge in [-0.25, -0.2) is 0 Å². The molecule has 2 fully saturated rings. The summed E-state index contributed by atoms with van der Waals surface area (Å²) in [5.41, 5.74) is 1.34. The average Bonchev–Trinajstić information content (AvgIpc) is 2.56. The van der Waals surface area contributed by atoms with Gasteiger partial charge in [0.2, 0.25) is 0 Å². The van der Waals surface area contributed by atoms with Gasteiger partial charge in [-0.3, -0.25) is 0 Å². The van der Waals surface area contributed by atoms with E-state index < -0.39 is 0 Å². The molecule has 0 saturated carbocycles. The molecule has 4 nitrogen and oxygen atoms in total. The van der Waals surface area contributed by atoms with Crippen LogP contribution in [0.1, 0.15) is 18.4 Å². The molecule has 116 valence electrons. The Labute approximate surface area is 127 Å². The summed E-state index contributed by atoms with van der Waals surface area (Å²) in [6.07, 6.45) is 3.40. The summed E-state index contributed by atoms with van der Waals surface area (Å²) in [5.74, 6) is 1.07. The average molecular weight is 290 g/mol. The molecule has 0 aliphatic carbocycles. The number of nitrogens with zero attached hydrogens (tertiary/aromatic N) is 1. The Balaban J connectivity index is 1.56. The second kappa shape index (κ2) is 7.78. The van der Waals surface area contributed by atoms with Crippen LogP contribution in [0.25, 0.3) is 0 Å². The number of hydrogen-bond acceptors (Lipinski definition) is 4. The van der Waals surface area contributed by atoms with E-state index >= 15 is 0 Å². The van der Waals surface area contributed by atoms with Gasteiger partial charge in [0.15, 0.2) is 0 Å². The molecule has 0 radical (unpaired) electrons. The molecule has 0 unspecified atom stereocenters. The van der Waals surface area contributed by atoms with Gasteiger partial charge in [0.05, 0.1) is 13.2 Å². The van der Waals surface area contributed by atoms with Crippen LogP contribution in [-0.2, 0) is 11.2 Å². The Morgan fingerprint density at radius 2 is 1.90 bits per heavy atom. The van der Waals surface area contributed by atoms with Crippen molar-refractivity contribution in [2.24, 2.45) is 0 Å². The summed E-state index contributed by atoms with van der Waals surface area (Å²) >= 11 is 0. The van der Waals surface area contributed by atoms with Crippen molar-refractivity contribution in [3.63, 3.8) is 0 Å². The standard InChI is InChI=1S/C17H26N2O2/c1-2-4-17(21-16-6-13-20-14-7-16)15(3-1)5-10-19-11-8-18-9-12-19/h1-4,16,18H,5-14H2. The molecule has 1 aromatic rings. The first-order valence-electron chi connectivity index (χ1n) is 8.17. The minimum Gasteiger partial charge on any atom is -0.490 e. The van der Waals surface area contributed by atoms with E-state index in [-0.39, 0.29) is 0 Å². The molecule has 0 amide bonds. The Bertz CT molecular complexity index is 427. The molecule has 2 saturated heterocycles. The zero-order valence-corrected chi connectivity index (χ0v) is 12.7. The molecule has 3 rings (SSSR count). The fourth-order valence-corrected chi connectivity index (χ4v) is 3.01. The number of rotatable bonds is 5. The van der Waals surface area contributed by atoms with Gasteiger partial charge in [0.1, 0.15) is 11.9 Å². The molecule has 1 aromatic carbocycles. The van der Waals surface area contributed by atoms with Crippen LogP contribution in [0.5, 0.6) is 5.75 Å². The van der Waals surface area contributed by atoms with Crippen LogP contribution in [0.15, 0.2) is 24.3 Å². The van der Waals surface area contributed by atoms with Gasteiger partial charge in [-0.15, -0.1) is 0 Å². The normalized spacial score (nSPS) is 21.3. The van der Waals surface area contributed by atoms with Crippen molar-refractivity contribution in [1.82, 2.24) is 10.2 Å². The largest absolute Gasteiger partial charge is 0.490 e. The van der Waals surface area contributed by atoms with Crippen molar-refractivity contribution in [2.75, 3.05) is 45.9 Å². The predicted octanol–water partition coefficient (Wildman–Crippen LogP) is 1.69. The van der Waals surface area contributed by atoms with E-state index in [1.165, 1.54) is 5.56 Å². The van der Waals surface area contributed by atoms with Gasteiger partial charge < -0.3 is 19.7 Å². The Kier molecular flexibility index (Phi) is 5.49. The lowest BCUT2D eigenvalue weighted by Gasteiger charge is -2.28. The maximum absolute atomic E-state index is 6.22. The third-order valence-electron chi connectivity index (χ3n) is 4.34. The summed E-state index contributed by atoms with van der Waals surface area (Å²) in [7, 11) is 0. The van der Waals surface area contributed by atoms with Crippen molar-refractivity contribution < 1.29 is 9.47 Å². The number of benzene rings is 1. The van der Waals surface area contributed by atoms with E-state index in [2.05, 4.69) is 34.5 Å². The summed E-state index contributed by atoms with van der Waals surface area (Å²) in [5, 5.41) is 3.40. The van der Waals surface area contributed by atoms with Gasteiger partial charge in [0, 0.05) is 45.6 Å². The third-order valence-corrected chi connectivity index (χ3v) is 4.34. The lowest BCUT2D eigenvalue weighted by atomic mass is 10.1. The maximum atomic E-state index is 6.22. The molecule has 2 aliphatic heterocycles. The van der Waals surface area contributed by atoms with Crippen LogP contribution in [-0.4, -0.2) is 56.9 Å². The van der Waals surface area contributed by atoms with Crippen LogP contribution in [0.4, 0.5) is 0 Å². The predicted molar refractivity (Wildman–Crippen MR) is 83.9 cm³/mol. The summed E-state index contributed by atoms with van der Waals surface area (Å²) in [6, 6.07) is 8.51. The van der Waals surface area contributed by atoms with Gasteiger partial charge in [-0.1, -0.05) is 18.2 Å². The summed E-state index contributed by atoms with van der Waals surface area (Å²) in [6.45, 7) is 7.31. The molecule has 4 heteroatoms. The van der Waals surface area contributed by atoms with Crippen LogP contribution >= 0.6 is 0 Å². The lowest BCUT2D eigenvalue weighted by molar-refractivity contribution is 0.0251. The molecule has 0 atom stereocenters. The van der Waals surface area contributed by atoms with Gasteiger partial charge >= 0.3 is 0 Å². The van der Waals surface area contributed by atoms with E-state index in [9.17, 15) is 0 Å². The lowest BCUT2D eigenvalue weighted by Crippen LogP contribution is -2.44. The molecule has 0 spiro atoms. The van der Waals surface area contributed by atoms with Crippen LogP contribution < -0.4 is 10.1 Å². The summed E-state index contributed by atoms with van der Waals surface area (Å²) < 4.78 is 11.6. The highest BCUT2D eigenvalue weighted by molar-refractivity contribution is 5.33. The first-order chi connectivity index (χ1) is 10.4. The molecule has 1 N–H and O–H groups in total. The van der Waals surface area contributed by atoms with Crippen LogP contribution in [0.3, 0.4) is 0 Å². The van der Waals surface area contributed by atoms with Crippen molar-refractivity contribution >= 4 is 0 Å². The Morgan fingerprint density at radius 3 is 2.71 bits per heavy atom. The molecule has 21 heavy (non-hydrogen) atoms. The first-order valence-corrected chi connectivity index (χ1v) is 8.17. The van der Waals surface area contributed by atoms with Crippen molar-refractivity contribution in [3.05, 3.63) is 29.8 Å². The van der Waals surface area contributed by atoms with E-state index in [0.717, 1.165) is 70.9 Å². The molecule has 0 aromatic heterocycles. The minimum absolute atomic E-state index is 0.319. The molecular weight excluding hydrogens is 264 g/mol. The number of ether oxygens (including phenoxy) is 2. The van der Waals surface area contributed by atoms with Crippen molar-refractivity contribution in [3.8, 4) is 5.75 Å². The third kappa shape index (κ3) is 4.43. The zero-order chi connectivity index (χ0) is 14.3. The quantitative estimate of drug-likeness (QED) is 0.895. The van der Waals surface area contributed by atoms with E-state index in [1.807, 2.05) is 0 Å². The molecule has 0 bridgehead atoms. The van der Waals surface area contributed by atoms with Crippen molar-refractivity contribution in [2.45, 2.75) is 25.4 Å². The second-order valence-corrected chi connectivity index (χ2v) is 5.88. The van der Waals surface area contributed by atoms with Crippen LogP contribution in [0.2, 0.25) is 0 Å². The van der Waals surface area contributed by atoms with Crippen molar-refractivity contribution in [1.29, 1.82) is 0 Å². The minimum atomic E-state index is 0.319. The van der Waals surface area contributed by atoms with E-state index in [1.54, 1.807) is 0 Å². The maximum Gasteiger partial charge on any atom is 0.122 e. The number of piperazine rings is 1. The van der Waals surface area contributed by atoms with Gasteiger partial charge in [0.25, 0.3) is 0 Å². The monoisotopic (exact) mass is 290 g/mol. The highest BCUT2D eigenvalue weighted by atomic mass is 16.5.